The first-order chi connectivity index (χ1) is 13.8. The smallest absolute Gasteiger partial charge is 0.379 e. The highest BCUT2D eigenvalue weighted by molar-refractivity contribution is 7.19. The molecule has 148 valence electrons. The third-order valence-electron chi connectivity index (χ3n) is 4.74. The van der Waals surface area contributed by atoms with Crippen molar-refractivity contribution < 1.29 is 18.3 Å². The van der Waals surface area contributed by atoms with Crippen LogP contribution in [0.1, 0.15) is 27.8 Å². The molecule has 3 nitrogen and oxygen atoms in total. The Kier molecular flexibility index (Phi) is 5.10. The molecule has 0 bridgehead atoms. The van der Waals surface area contributed by atoms with E-state index in [1.54, 1.807) is 17.5 Å². The lowest BCUT2D eigenvalue weighted by molar-refractivity contribution is -0.206. The quantitative estimate of drug-likeness (QED) is 0.455. The highest BCUT2D eigenvalue weighted by Crippen LogP contribution is 2.37. The Morgan fingerprint density at radius 1 is 1.03 bits per heavy atom. The van der Waals surface area contributed by atoms with Gasteiger partial charge in [0.1, 0.15) is 0 Å². The molecule has 0 aliphatic heterocycles. The number of halogens is 3. The minimum absolute atomic E-state index is 0.222. The van der Waals surface area contributed by atoms with Crippen molar-refractivity contribution >= 4 is 21.4 Å². The van der Waals surface area contributed by atoms with E-state index in [0.29, 0.717) is 12.1 Å². The lowest BCUT2D eigenvalue weighted by Crippen LogP contribution is -2.20. The van der Waals surface area contributed by atoms with E-state index in [-0.39, 0.29) is 5.56 Å². The molecule has 0 saturated carbocycles. The summed E-state index contributed by atoms with van der Waals surface area (Å²) in [4.78, 5) is 9.80. The minimum atomic E-state index is -4.72. The predicted octanol–water partition coefficient (Wildman–Crippen LogP) is 5.85. The van der Waals surface area contributed by atoms with Crippen molar-refractivity contribution in [3.63, 3.8) is 0 Å². The Labute approximate surface area is 169 Å². The number of aliphatic hydroxyl groups excluding tert-OH is 1. The van der Waals surface area contributed by atoms with Crippen molar-refractivity contribution in [2.45, 2.75) is 25.6 Å². The van der Waals surface area contributed by atoms with Crippen molar-refractivity contribution in [3.05, 3.63) is 82.6 Å². The van der Waals surface area contributed by atoms with Crippen LogP contribution in [0.3, 0.4) is 0 Å². The van der Waals surface area contributed by atoms with Crippen LogP contribution in [0, 0.1) is 6.92 Å². The predicted molar refractivity (Wildman–Crippen MR) is 108 cm³/mol. The van der Waals surface area contributed by atoms with Crippen molar-refractivity contribution in [2.24, 2.45) is 0 Å². The lowest BCUT2D eigenvalue weighted by Gasteiger charge is -2.15. The topological polar surface area (TPSA) is 46.0 Å². The molecule has 0 spiro atoms. The number of aliphatic hydroxyl groups is 1. The number of hydrogen-bond acceptors (Lipinski definition) is 4. The van der Waals surface area contributed by atoms with Crippen LogP contribution in [0.25, 0.3) is 21.3 Å². The maximum absolute atomic E-state index is 12.9. The molecule has 1 N–H and O–H groups in total. The molecule has 0 aliphatic carbocycles. The van der Waals surface area contributed by atoms with Crippen LogP contribution in [0.4, 0.5) is 13.2 Å². The average Bonchev–Trinajstić information content (AvgIpc) is 3.11. The fourth-order valence-electron chi connectivity index (χ4n) is 3.23. The molecule has 0 radical (unpaired) electrons. The number of alkyl halides is 3. The summed E-state index contributed by atoms with van der Waals surface area (Å²) in [5.74, 6) is 0. The van der Waals surface area contributed by atoms with Gasteiger partial charge in [0.15, 0.2) is 6.10 Å². The third kappa shape index (κ3) is 4.02. The molecule has 1 unspecified atom stereocenters. The van der Waals surface area contributed by atoms with E-state index < -0.39 is 12.3 Å². The second-order valence-electron chi connectivity index (χ2n) is 6.80. The Bertz CT molecular complexity index is 1170. The number of nitrogens with zero attached hydrogens (tertiary/aromatic N) is 2. The van der Waals surface area contributed by atoms with Gasteiger partial charge in [0.05, 0.1) is 5.69 Å². The van der Waals surface area contributed by atoms with Gasteiger partial charge in [-0.25, -0.2) is 0 Å². The Hall–Kier alpha value is -2.77. The van der Waals surface area contributed by atoms with Crippen LogP contribution >= 0.6 is 11.3 Å². The Balaban J connectivity index is 1.74. The van der Waals surface area contributed by atoms with Crippen LogP contribution < -0.4 is 0 Å². The second kappa shape index (κ2) is 7.57. The number of thiophene rings is 1. The van der Waals surface area contributed by atoms with E-state index in [2.05, 4.69) is 16.0 Å². The zero-order chi connectivity index (χ0) is 20.6. The molecular weight excluding hydrogens is 397 g/mol. The largest absolute Gasteiger partial charge is 0.418 e. The first-order valence-corrected chi connectivity index (χ1v) is 9.77. The number of rotatable bonds is 4. The van der Waals surface area contributed by atoms with Crippen molar-refractivity contribution in [2.75, 3.05) is 0 Å². The van der Waals surface area contributed by atoms with Gasteiger partial charge in [-0.05, 0) is 47.7 Å². The molecule has 4 aromatic rings. The molecular formula is C22H17F3N2OS. The normalized spacial score (nSPS) is 13.0. The molecule has 4 rings (SSSR count). The van der Waals surface area contributed by atoms with Gasteiger partial charge in [0.2, 0.25) is 0 Å². The van der Waals surface area contributed by atoms with Crippen LogP contribution in [-0.4, -0.2) is 21.3 Å². The van der Waals surface area contributed by atoms with Gasteiger partial charge in [-0.15, -0.1) is 11.3 Å². The van der Waals surface area contributed by atoms with E-state index in [1.165, 1.54) is 18.3 Å². The molecule has 3 heterocycles. The number of benzene rings is 1. The van der Waals surface area contributed by atoms with Crippen molar-refractivity contribution in [3.8, 4) is 11.3 Å². The van der Waals surface area contributed by atoms with Crippen LogP contribution in [0.15, 0.2) is 60.9 Å². The first-order valence-electron chi connectivity index (χ1n) is 8.96. The maximum Gasteiger partial charge on any atom is 0.418 e. The number of fused-ring (bicyclic) bond motifs is 1. The number of pyridine rings is 2. The fraction of sp³-hybridized carbons (Fsp3) is 0.182. The van der Waals surface area contributed by atoms with Gasteiger partial charge in [0, 0.05) is 39.6 Å². The monoisotopic (exact) mass is 414 g/mol. The molecule has 1 atom stereocenters. The third-order valence-corrected chi connectivity index (χ3v) is 5.92. The van der Waals surface area contributed by atoms with Gasteiger partial charge in [-0.2, -0.15) is 13.2 Å². The molecule has 29 heavy (non-hydrogen) atoms. The van der Waals surface area contributed by atoms with E-state index in [0.717, 1.165) is 31.8 Å². The van der Waals surface area contributed by atoms with E-state index >= 15 is 0 Å². The molecule has 0 aliphatic rings. The zero-order valence-electron chi connectivity index (χ0n) is 15.4. The van der Waals surface area contributed by atoms with Gasteiger partial charge < -0.3 is 5.11 Å². The van der Waals surface area contributed by atoms with Gasteiger partial charge in [0.25, 0.3) is 0 Å². The summed E-state index contributed by atoms with van der Waals surface area (Å²) in [5.41, 5.74) is 3.03. The van der Waals surface area contributed by atoms with Crippen LogP contribution in [0.2, 0.25) is 0 Å². The number of hydrogen-bond donors (Lipinski definition) is 1. The highest BCUT2D eigenvalue weighted by atomic mass is 32.1. The maximum atomic E-state index is 12.9. The molecule has 1 aromatic carbocycles. The molecule has 7 heteroatoms. The molecule has 0 amide bonds. The first kappa shape index (κ1) is 19.5. The molecule has 0 fully saturated rings. The summed E-state index contributed by atoms with van der Waals surface area (Å²) < 4.78 is 39.6. The second-order valence-corrected chi connectivity index (χ2v) is 7.94. The van der Waals surface area contributed by atoms with E-state index in [1.807, 2.05) is 37.3 Å². The summed E-state index contributed by atoms with van der Waals surface area (Å²) >= 11 is 1.58. The fourth-order valence-corrected chi connectivity index (χ4v) is 4.41. The van der Waals surface area contributed by atoms with Gasteiger partial charge >= 0.3 is 6.18 Å². The van der Waals surface area contributed by atoms with Gasteiger partial charge in [-0.3, -0.25) is 9.97 Å². The summed E-state index contributed by atoms with van der Waals surface area (Å²) in [6, 6.07) is 14.1. The number of aromatic nitrogens is 2. The Morgan fingerprint density at radius 3 is 2.62 bits per heavy atom. The molecule has 3 aromatic heterocycles. The van der Waals surface area contributed by atoms with Crippen LogP contribution in [-0.2, 0) is 6.42 Å². The van der Waals surface area contributed by atoms with E-state index in [4.69, 9.17) is 0 Å². The average molecular weight is 414 g/mol. The zero-order valence-corrected chi connectivity index (χ0v) is 16.3. The summed E-state index contributed by atoms with van der Waals surface area (Å²) in [7, 11) is 0. The number of aryl methyl sites for hydroxylation is 1. The summed E-state index contributed by atoms with van der Waals surface area (Å²) in [5, 5.41) is 10.6. The van der Waals surface area contributed by atoms with Gasteiger partial charge in [-0.1, -0.05) is 24.3 Å². The standard InChI is InChI=1S/C22H17F3N2OS/c1-13-4-3-8-26-18(13)12-16-10-14-5-2-6-17(20(14)29-16)19-11-15(7-9-27-19)21(28)22(23,24)25/h2-11,21,28H,12H2,1H3. The van der Waals surface area contributed by atoms with Crippen LogP contribution in [0.5, 0.6) is 0 Å². The highest BCUT2D eigenvalue weighted by Gasteiger charge is 2.39. The molecule has 0 saturated heterocycles. The summed E-state index contributed by atoms with van der Waals surface area (Å²) in [6.07, 6.45) is -3.51. The Morgan fingerprint density at radius 2 is 1.86 bits per heavy atom. The minimum Gasteiger partial charge on any atom is -0.379 e. The van der Waals surface area contributed by atoms with Crippen molar-refractivity contribution in [1.82, 2.24) is 9.97 Å². The summed E-state index contributed by atoms with van der Waals surface area (Å²) in [6.45, 7) is 2.02. The van der Waals surface area contributed by atoms with Crippen molar-refractivity contribution in [1.29, 1.82) is 0 Å². The van der Waals surface area contributed by atoms with E-state index in [9.17, 15) is 18.3 Å². The lowest BCUT2D eigenvalue weighted by atomic mass is 10.0. The SMILES string of the molecule is Cc1cccnc1Cc1cc2cccc(-c3cc(C(O)C(F)(F)F)ccn3)c2s1.